The fourth-order valence-corrected chi connectivity index (χ4v) is 6.07. The molecule has 204 valence electrons. The summed E-state index contributed by atoms with van der Waals surface area (Å²) in [6.45, 7) is 8.91. The number of nitrogens with zero attached hydrogens (tertiary/aromatic N) is 4. The molecule has 0 radical (unpaired) electrons. The van der Waals surface area contributed by atoms with Crippen molar-refractivity contribution >= 4 is 28.9 Å². The Morgan fingerprint density at radius 3 is 2.11 bits per heavy atom. The van der Waals surface area contributed by atoms with Crippen LogP contribution in [0.15, 0.2) is 54.7 Å². The number of likely N-dealkylation sites (tertiary alicyclic amines) is 1. The van der Waals surface area contributed by atoms with E-state index >= 15 is 0 Å². The highest BCUT2D eigenvalue weighted by Gasteiger charge is 2.40. The molecule has 4 rings (SSSR count). The van der Waals surface area contributed by atoms with E-state index in [1.807, 2.05) is 39.8 Å². The van der Waals surface area contributed by atoms with Crippen LogP contribution in [0.3, 0.4) is 0 Å². The summed E-state index contributed by atoms with van der Waals surface area (Å²) < 4.78 is 21.5. The SMILES string of the molecule is CCc1c(-c2ccc(C3(c4ccc(Cl)cc4)CCN(C(=O)OC(C)(C)C)CC3)cc2)cnn1S(=O)N(C)C. The van der Waals surface area contributed by atoms with Crippen molar-refractivity contribution in [1.82, 2.24) is 18.4 Å². The van der Waals surface area contributed by atoms with E-state index in [4.69, 9.17) is 16.3 Å². The molecule has 1 unspecified atom stereocenters. The second kappa shape index (κ2) is 11.2. The highest BCUT2D eigenvalue weighted by molar-refractivity contribution is 7.80. The number of hydrogen-bond donors (Lipinski definition) is 0. The van der Waals surface area contributed by atoms with Crippen LogP contribution in [0.4, 0.5) is 4.79 Å². The zero-order chi connectivity index (χ0) is 27.7. The van der Waals surface area contributed by atoms with E-state index in [0.717, 1.165) is 29.7 Å². The Labute approximate surface area is 233 Å². The van der Waals surface area contributed by atoms with E-state index in [-0.39, 0.29) is 11.5 Å². The van der Waals surface area contributed by atoms with Gasteiger partial charge in [0.25, 0.3) is 0 Å². The van der Waals surface area contributed by atoms with Gasteiger partial charge in [-0.3, -0.25) is 0 Å². The summed E-state index contributed by atoms with van der Waals surface area (Å²) >= 11 is 4.86. The maximum absolute atomic E-state index is 12.7. The quantitative estimate of drug-likeness (QED) is 0.369. The minimum Gasteiger partial charge on any atom is -0.444 e. The van der Waals surface area contributed by atoms with Crippen molar-refractivity contribution in [3.8, 4) is 11.1 Å². The summed E-state index contributed by atoms with van der Waals surface area (Å²) in [7, 11) is 3.55. The van der Waals surface area contributed by atoms with Crippen molar-refractivity contribution in [2.45, 2.75) is 58.0 Å². The molecule has 3 aromatic rings. The van der Waals surface area contributed by atoms with Gasteiger partial charge in [0.1, 0.15) is 5.60 Å². The second-order valence-electron chi connectivity index (χ2n) is 10.9. The highest BCUT2D eigenvalue weighted by Crippen LogP contribution is 2.43. The first-order valence-corrected chi connectivity index (χ1v) is 14.4. The lowest BCUT2D eigenvalue weighted by atomic mass is 9.68. The number of halogens is 1. The van der Waals surface area contributed by atoms with E-state index in [2.05, 4.69) is 41.5 Å². The van der Waals surface area contributed by atoms with Crippen molar-refractivity contribution < 1.29 is 13.7 Å². The molecule has 0 aliphatic carbocycles. The van der Waals surface area contributed by atoms with Gasteiger partial charge in [-0.1, -0.05) is 54.9 Å². The van der Waals surface area contributed by atoms with Gasteiger partial charge in [-0.05, 0) is 68.9 Å². The Balaban J connectivity index is 1.66. The number of hydrogen-bond acceptors (Lipinski definition) is 4. The molecule has 1 amide bonds. The van der Waals surface area contributed by atoms with Crippen LogP contribution in [-0.2, 0) is 27.7 Å². The lowest BCUT2D eigenvalue weighted by Crippen LogP contribution is -2.47. The molecular formula is C29H37ClN4O3S. The predicted octanol–water partition coefficient (Wildman–Crippen LogP) is 6.07. The van der Waals surface area contributed by atoms with Gasteiger partial charge in [0.2, 0.25) is 11.2 Å². The van der Waals surface area contributed by atoms with Crippen LogP contribution in [0, 0.1) is 0 Å². The molecule has 9 heteroatoms. The first kappa shape index (κ1) is 28.3. The van der Waals surface area contributed by atoms with Crippen molar-refractivity contribution in [2.24, 2.45) is 0 Å². The summed E-state index contributed by atoms with van der Waals surface area (Å²) in [6.07, 6.45) is 3.78. The van der Waals surface area contributed by atoms with E-state index < -0.39 is 16.8 Å². The normalized spacial score (nSPS) is 16.5. The van der Waals surface area contributed by atoms with E-state index in [0.29, 0.717) is 24.5 Å². The Bertz CT molecular complexity index is 1290. The van der Waals surface area contributed by atoms with Gasteiger partial charge < -0.3 is 9.64 Å². The number of carbonyl (C=O) groups is 1. The van der Waals surface area contributed by atoms with Crippen LogP contribution in [0.2, 0.25) is 5.02 Å². The number of carbonyl (C=O) groups excluding carboxylic acids is 1. The van der Waals surface area contributed by atoms with Crippen LogP contribution < -0.4 is 0 Å². The first-order valence-electron chi connectivity index (χ1n) is 13.0. The van der Waals surface area contributed by atoms with E-state index in [1.54, 1.807) is 33.6 Å². The molecule has 1 aliphatic rings. The van der Waals surface area contributed by atoms with Crippen molar-refractivity contribution in [2.75, 3.05) is 27.2 Å². The summed E-state index contributed by atoms with van der Waals surface area (Å²) in [4.78, 5) is 14.6. The van der Waals surface area contributed by atoms with Gasteiger partial charge >= 0.3 is 6.09 Å². The standard InChI is InChI=1S/C29H37ClN4O3S/c1-7-26-25(20-31-34(26)38(36)32(5)6)21-8-10-22(11-9-21)29(23-12-14-24(30)15-13-23)16-18-33(19-17-29)27(35)37-28(2,3)4/h8-15,20H,7,16-19H2,1-6H3. The van der Waals surface area contributed by atoms with Gasteiger partial charge in [0, 0.05) is 43.2 Å². The molecule has 2 heterocycles. The van der Waals surface area contributed by atoms with Gasteiger partial charge in [-0.15, -0.1) is 0 Å². The molecule has 1 aliphatic heterocycles. The van der Waals surface area contributed by atoms with Crippen molar-refractivity contribution in [1.29, 1.82) is 0 Å². The van der Waals surface area contributed by atoms with Crippen molar-refractivity contribution in [3.05, 3.63) is 76.6 Å². The van der Waals surface area contributed by atoms with Crippen LogP contribution in [0.25, 0.3) is 11.1 Å². The summed E-state index contributed by atoms with van der Waals surface area (Å²) in [6, 6.07) is 16.6. The van der Waals surface area contributed by atoms with Gasteiger partial charge in [-0.2, -0.15) is 9.19 Å². The number of amides is 1. The van der Waals surface area contributed by atoms with Gasteiger partial charge in [0.05, 0.1) is 11.9 Å². The Kier molecular flexibility index (Phi) is 8.35. The Morgan fingerprint density at radius 2 is 1.61 bits per heavy atom. The van der Waals surface area contributed by atoms with E-state index in [1.165, 1.54) is 11.1 Å². The summed E-state index contributed by atoms with van der Waals surface area (Å²) in [5.74, 6) is 0. The number of ether oxygens (including phenoxy) is 1. The molecule has 1 saturated heterocycles. The number of rotatable bonds is 6. The number of benzene rings is 2. The molecule has 2 aromatic carbocycles. The third kappa shape index (κ3) is 5.82. The Hall–Kier alpha value is -2.68. The minimum absolute atomic E-state index is 0.258. The smallest absolute Gasteiger partial charge is 0.410 e. The molecule has 7 nitrogen and oxygen atoms in total. The van der Waals surface area contributed by atoms with Crippen LogP contribution in [0.1, 0.15) is 57.4 Å². The fraction of sp³-hybridized carbons (Fsp3) is 0.448. The van der Waals surface area contributed by atoms with Crippen LogP contribution >= 0.6 is 11.6 Å². The van der Waals surface area contributed by atoms with E-state index in [9.17, 15) is 9.00 Å². The maximum atomic E-state index is 12.7. The molecule has 0 saturated carbocycles. The molecule has 1 atom stereocenters. The van der Waals surface area contributed by atoms with Gasteiger partial charge in [-0.25, -0.2) is 13.3 Å². The third-order valence-electron chi connectivity index (χ3n) is 7.04. The maximum Gasteiger partial charge on any atom is 0.410 e. The lowest BCUT2D eigenvalue weighted by Gasteiger charge is -2.43. The highest BCUT2D eigenvalue weighted by atomic mass is 35.5. The number of aromatic nitrogens is 2. The fourth-order valence-electron chi connectivity index (χ4n) is 5.09. The van der Waals surface area contributed by atoms with Crippen LogP contribution in [-0.4, -0.2) is 61.5 Å². The second-order valence-corrected chi connectivity index (χ2v) is 12.9. The molecule has 1 aromatic heterocycles. The summed E-state index contributed by atoms with van der Waals surface area (Å²) in [5.41, 5.74) is 4.53. The largest absolute Gasteiger partial charge is 0.444 e. The molecule has 1 fully saturated rings. The average molecular weight is 557 g/mol. The molecule has 0 bridgehead atoms. The monoisotopic (exact) mass is 556 g/mol. The molecule has 38 heavy (non-hydrogen) atoms. The van der Waals surface area contributed by atoms with Crippen LogP contribution in [0.5, 0.6) is 0 Å². The van der Waals surface area contributed by atoms with Crippen molar-refractivity contribution in [3.63, 3.8) is 0 Å². The molecule has 0 spiro atoms. The average Bonchev–Trinajstić information content (AvgIpc) is 3.32. The number of piperidine rings is 1. The molecular weight excluding hydrogens is 520 g/mol. The lowest BCUT2D eigenvalue weighted by molar-refractivity contribution is 0.0180. The topological polar surface area (TPSA) is 67.7 Å². The Morgan fingerprint density at radius 1 is 1.05 bits per heavy atom. The zero-order valence-electron chi connectivity index (χ0n) is 23.0. The summed E-state index contributed by atoms with van der Waals surface area (Å²) in [5, 5.41) is 5.13. The van der Waals surface area contributed by atoms with Gasteiger partial charge in [0.15, 0.2) is 0 Å². The first-order chi connectivity index (χ1) is 17.9. The zero-order valence-corrected chi connectivity index (χ0v) is 24.6. The third-order valence-corrected chi connectivity index (χ3v) is 8.53. The predicted molar refractivity (Wildman–Crippen MR) is 154 cm³/mol. The molecule has 0 N–H and O–H groups in total. The minimum atomic E-state index is -1.37.